The maximum absolute atomic E-state index is 11.1. The molecule has 0 bridgehead atoms. The monoisotopic (exact) mass is 255 g/mol. The van der Waals surface area contributed by atoms with Crippen molar-refractivity contribution in [3.63, 3.8) is 0 Å². The van der Waals surface area contributed by atoms with Gasteiger partial charge in [0.15, 0.2) is 0 Å². The third-order valence-electron chi connectivity index (χ3n) is 2.92. The number of carboxylic acids is 1. The molecule has 0 aromatic heterocycles. The second-order valence-electron chi connectivity index (χ2n) is 4.78. The maximum atomic E-state index is 11.1. The molecule has 0 unspecified atom stereocenters. The van der Waals surface area contributed by atoms with Crippen LogP contribution in [-0.4, -0.2) is 30.1 Å². The van der Waals surface area contributed by atoms with Gasteiger partial charge in [0.05, 0.1) is 5.56 Å². The van der Waals surface area contributed by atoms with Gasteiger partial charge in [-0.05, 0) is 42.9 Å². The zero-order chi connectivity index (χ0) is 13.8. The van der Waals surface area contributed by atoms with Crippen LogP contribution in [0.3, 0.4) is 0 Å². The summed E-state index contributed by atoms with van der Waals surface area (Å²) in [4.78, 5) is 13.1. The molecular formula is C16H17NO2. The summed E-state index contributed by atoms with van der Waals surface area (Å²) in [5.41, 5.74) is 3.54. The molecule has 0 atom stereocenters. The highest BCUT2D eigenvalue weighted by Crippen LogP contribution is 2.25. The van der Waals surface area contributed by atoms with Crippen molar-refractivity contribution < 1.29 is 9.90 Å². The van der Waals surface area contributed by atoms with Crippen LogP contribution < -0.4 is 0 Å². The van der Waals surface area contributed by atoms with E-state index in [1.165, 1.54) is 0 Å². The van der Waals surface area contributed by atoms with Crippen molar-refractivity contribution in [1.29, 1.82) is 0 Å². The lowest BCUT2D eigenvalue weighted by atomic mass is 9.97. The summed E-state index contributed by atoms with van der Waals surface area (Å²) >= 11 is 0. The number of carboxylic acid groups (broad SMARTS) is 1. The molecule has 0 spiro atoms. The molecule has 0 aliphatic carbocycles. The predicted molar refractivity (Wildman–Crippen MR) is 76.2 cm³/mol. The summed E-state index contributed by atoms with van der Waals surface area (Å²) < 4.78 is 0. The van der Waals surface area contributed by atoms with Crippen LogP contribution in [0.1, 0.15) is 15.9 Å². The van der Waals surface area contributed by atoms with E-state index in [0.717, 1.165) is 16.7 Å². The SMILES string of the molecule is CN(C)Cc1cc(C(=O)O)ccc1-c1ccccc1. The van der Waals surface area contributed by atoms with Crippen LogP contribution in [0.25, 0.3) is 11.1 Å². The smallest absolute Gasteiger partial charge is 0.335 e. The van der Waals surface area contributed by atoms with E-state index < -0.39 is 5.97 Å². The molecule has 0 aliphatic rings. The Morgan fingerprint density at radius 2 is 1.79 bits per heavy atom. The Bertz CT molecular complexity index is 577. The molecule has 2 aromatic rings. The van der Waals surface area contributed by atoms with Crippen molar-refractivity contribution in [3.8, 4) is 11.1 Å². The Kier molecular flexibility index (Phi) is 3.97. The first-order valence-electron chi connectivity index (χ1n) is 6.14. The van der Waals surface area contributed by atoms with E-state index >= 15 is 0 Å². The van der Waals surface area contributed by atoms with Crippen LogP contribution in [0.2, 0.25) is 0 Å². The minimum Gasteiger partial charge on any atom is -0.478 e. The van der Waals surface area contributed by atoms with Gasteiger partial charge < -0.3 is 10.0 Å². The van der Waals surface area contributed by atoms with Crippen LogP contribution in [-0.2, 0) is 6.54 Å². The summed E-state index contributed by atoms with van der Waals surface area (Å²) in [6, 6.07) is 15.3. The molecular weight excluding hydrogens is 238 g/mol. The van der Waals surface area contributed by atoms with E-state index in [9.17, 15) is 4.79 Å². The molecule has 2 rings (SSSR count). The van der Waals surface area contributed by atoms with E-state index in [4.69, 9.17) is 5.11 Å². The van der Waals surface area contributed by atoms with E-state index in [-0.39, 0.29) is 0 Å². The molecule has 0 radical (unpaired) electrons. The fourth-order valence-corrected chi connectivity index (χ4v) is 2.10. The van der Waals surface area contributed by atoms with E-state index in [1.54, 1.807) is 12.1 Å². The lowest BCUT2D eigenvalue weighted by molar-refractivity contribution is 0.0696. The average molecular weight is 255 g/mol. The van der Waals surface area contributed by atoms with Crippen molar-refractivity contribution >= 4 is 5.97 Å². The predicted octanol–water partition coefficient (Wildman–Crippen LogP) is 3.11. The fraction of sp³-hybridized carbons (Fsp3) is 0.188. The minimum atomic E-state index is -0.889. The van der Waals surface area contributed by atoms with E-state index in [0.29, 0.717) is 12.1 Å². The molecule has 0 saturated carbocycles. The third-order valence-corrected chi connectivity index (χ3v) is 2.92. The first-order valence-corrected chi connectivity index (χ1v) is 6.14. The lowest BCUT2D eigenvalue weighted by Crippen LogP contribution is -2.12. The number of hydrogen-bond donors (Lipinski definition) is 1. The Labute approximate surface area is 113 Å². The lowest BCUT2D eigenvalue weighted by Gasteiger charge is -2.15. The number of nitrogens with zero attached hydrogens (tertiary/aromatic N) is 1. The molecule has 3 heteroatoms. The molecule has 0 heterocycles. The number of hydrogen-bond acceptors (Lipinski definition) is 2. The van der Waals surface area contributed by atoms with Gasteiger partial charge in [-0.15, -0.1) is 0 Å². The van der Waals surface area contributed by atoms with Crippen molar-refractivity contribution in [1.82, 2.24) is 4.90 Å². The molecule has 0 amide bonds. The van der Waals surface area contributed by atoms with Gasteiger partial charge in [0.25, 0.3) is 0 Å². The van der Waals surface area contributed by atoms with Crippen molar-refractivity contribution in [2.24, 2.45) is 0 Å². The molecule has 2 aromatic carbocycles. The van der Waals surface area contributed by atoms with Crippen molar-refractivity contribution in [3.05, 3.63) is 59.7 Å². The average Bonchev–Trinajstić information content (AvgIpc) is 2.39. The third kappa shape index (κ3) is 3.20. The Hall–Kier alpha value is -2.13. The number of benzene rings is 2. The van der Waals surface area contributed by atoms with Gasteiger partial charge in [0.2, 0.25) is 0 Å². The largest absolute Gasteiger partial charge is 0.478 e. The molecule has 0 saturated heterocycles. The summed E-state index contributed by atoms with van der Waals surface area (Å²) in [6.07, 6.45) is 0. The summed E-state index contributed by atoms with van der Waals surface area (Å²) in [7, 11) is 3.95. The second kappa shape index (κ2) is 5.67. The number of carbonyl (C=O) groups is 1. The summed E-state index contributed by atoms with van der Waals surface area (Å²) in [5, 5.41) is 9.09. The number of aromatic carboxylic acids is 1. The normalized spacial score (nSPS) is 10.7. The molecule has 0 aliphatic heterocycles. The topological polar surface area (TPSA) is 40.5 Å². The summed E-state index contributed by atoms with van der Waals surface area (Å²) in [6.45, 7) is 0.714. The van der Waals surface area contributed by atoms with Crippen molar-refractivity contribution in [2.45, 2.75) is 6.54 Å². The van der Waals surface area contributed by atoms with Crippen molar-refractivity contribution in [2.75, 3.05) is 14.1 Å². The molecule has 1 N–H and O–H groups in total. The highest BCUT2D eigenvalue weighted by molar-refractivity contribution is 5.89. The molecule has 3 nitrogen and oxygen atoms in total. The molecule has 19 heavy (non-hydrogen) atoms. The van der Waals surface area contributed by atoms with Gasteiger partial charge in [-0.1, -0.05) is 36.4 Å². The fourth-order valence-electron chi connectivity index (χ4n) is 2.10. The highest BCUT2D eigenvalue weighted by Gasteiger charge is 2.10. The first-order chi connectivity index (χ1) is 9.08. The Balaban J connectivity index is 2.51. The zero-order valence-electron chi connectivity index (χ0n) is 11.1. The Morgan fingerprint density at radius 1 is 1.11 bits per heavy atom. The van der Waals surface area contributed by atoms with Crippen LogP contribution in [0.4, 0.5) is 0 Å². The first kappa shape index (κ1) is 13.3. The standard InChI is InChI=1S/C16H17NO2/c1-17(2)11-14-10-13(16(18)19)8-9-15(14)12-6-4-3-5-7-12/h3-10H,11H2,1-2H3,(H,18,19). The zero-order valence-corrected chi connectivity index (χ0v) is 11.1. The van der Waals surface area contributed by atoms with Gasteiger partial charge in [0.1, 0.15) is 0 Å². The Morgan fingerprint density at radius 3 is 2.37 bits per heavy atom. The van der Waals surface area contributed by atoms with Gasteiger partial charge in [-0.3, -0.25) is 0 Å². The number of rotatable bonds is 4. The van der Waals surface area contributed by atoms with Gasteiger partial charge in [0, 0.05) is 6.54 Å². The van der Waals surface area contributed by atoms with Crippen LogP contribution in [0.5, 0.6) is 0 Å². The van der Waals surface area contributed by atoms with Gasteiger partial charge in [-0.25, -0.2) is 4.79 Å². The highest BCUT2D eigenvalue weighted by atomic mass is 16.4. The second-order valence-corrected chi connectivity index (χ2v) is 4.78. The molecule has 98 valence electrons. The quantitative estimate of drug-likeness (QED) is 0.912. The summed E-state index contributed by atoms with van der Waals surface area (Å²) in [5.74, 6) is -0.889. The minimum absolute atomic E-state index is 0.330. The maximum Gasteiger partial charge on any atom is 0.335 e. The van der Waals surface area contributed by atoms with E-state index in [2.05, 4.69) is 0 Å². The van der Waals surface area contributed by atoms with Gasteiger partial charge in [-0.2, -0.15) is 0 Å². The van der Waals surface area contributed by atoms with Crippen LogP contribution in [0, 0.1) is 0 Å². The van der Waals surface area contributed by atoms with E-state index in [1.807, 2.05) is 55.4 Å². The van der Waals surface area contributed by atoms with Crippen LogP contribution >= 0.6 is 0 Å². The van der Waals surface area contributed by atoms with Gasteiger partial charge >= 0.3 is 5.97 Å². The molecule has 0 fully saturated rings. The van der Waals surface area contributed by atoms with Crippen LogP contribution in [0.15, 0.2) is 48.5 Å².